The van der Waals surface area contributed by atoms with E-state index < -0.39 is 8.07 Å². The molecule has 0 N–H and O–H groups in total. The van der Waals surface area contributed by atoms with E-state index in [-0.39, 0.29) is 0 Å². The highest BCUT2D eigenvalue weighted by molar-refractivity contribution is 6.87. The zero-order valence-corrected chi connectivity index (χ0v) is 16.2. The predicted molar refractivity (Wildman–Crippen MR) is 89.2 cm³/mol. The highest BCUT2D eigenvalue weighted by atomic mass is 28.3. The molecule has 0 fully saturated rings. The van der Waals surface area contributed by atoms with Gasteiger partial charge in [-0.1, -0.05) is 89.1 Å². The molecule has 0 nitrogen and oxygen atoms in total. The minimum absolute atomic E-state index is 0.417. The van der Waals surface area contributed by atoms with Gasteiger partial charge in [0, 0.05) is 0 Å². The Bertz CT molecular complexity index is 237. The summed E-state index contributed by atoms with van der Waals surface area (Å²) in [5.41, 5.74) is 0.417. The molecule has 0 atom stereocenters. The molecule has 0 unspecified atom stereocenters. The van der Waals surface area contributed by atoms with Gasteiger partial charge >= 0.3 is 0 Å². The van der Waals surface area contributed by atoms with Crippen molar-refractivity contribution in [3.8, 4) is 0 Å². The largest absolute Gasteiger partial charge is 0.0702 e. The molecule has 0 heterocycles. The van der Waals surface area contributed by atoms with Crippen LogP contribution in [0.25, 0.3) is 0 Å². The number of rotatable bonds is 1. The zero-order chi connectivity index (χ0) is 15.2. The van der Waals surface area contributed by atoms with Gasteiger partial charge in [0.1, 0.15) is 0 Å². The lowest BCUT2D eigenvalue weighted by Gasteiger charge is -2.61. The van der Waals surface area contributed by atoms with Crippen molar-refractivity contribution >= 4 is 8.07 Å². The van der Waals surface area contributed by atoms with E-state index in [1.807, 2.05) is 0 Å². The molecule has 110 valence electrons. The van der Waals surface area contributed by atoms with Crippen molar-refractivity contribution in [2.75, 3.05) is 0 Å². The fourth-order valence-corrected chi connectivity index (χ4v) is 14.9. The van der Waals surface area contributed by atoms with Gasteiger partial charge < -0.3 is 0 Å². The van der Waals surface area contributed by atoms with Crippen LogP contribution in [-0.2, 0) is 0 Å². The molecule has 0 amide bonds. The van der Waals surface area contributed by atoms with Crippen molar-refractivity contribution in [3.63, 3.8) is 0 Å². The van der Waals surface area contributed by atoms with Crippen LogP contribution in [-0.4, -0.2) is 8.07 Å². The summed E-state index contributed by atoms with van der Waals surface area (Å²) in [5, 5.41) is 1.28. The van der Waals surface area contributed by atoms with Gasteiger partial charge in [-0.2, -0.15) is 0 Å². The summed E-state index contributed by atoms with van der Waals surface area (Å²) in [7, 11) is -1.54. The van der Waals surface area contributed by atoms with E-state index in [0.29, 0.717) is 20.5 Å². The Hall–Kier alpha value is 0.217. The van der Waals surface area contributed by atoms with E-state index in [4.69, 9.17) is 0 Å². The van der Waals surface area contributed by atoms with E-state index in [0.717, 1.165) is 0 Å². The second-order valence-electron chi connectivity index (χ2n) is 10.4. The lowest BCUT2D eigenvalue weighted by molar-refractivity contribution is 0.415. The maximum atomic E-state index is 2.49. The molecule has 0 aliphatic carbocycles. The lowest BCUT2D eigenvalue weighted by atomic mass is 10.0. The van der Waals surface area contributed by atoms with E-state index >= 15 is 0 Å². The Morgan fingerprint density at radius 2 is 0.722 bits per heavy atom. The number of hydrogen-bond donors (Lipinski definition) is 0. The van der Waals surface area contributed by atoms with Gasteiger partial charge in [0.05, 0.1) is 8.07 Å². The van der Waals surface area contributed by atoms with Crippen molar-refractivity contribution < 1.29 is 0 Å². The van der Waals surface area contributed by atoms with Crippen LogP contribution < -0.4 is 0 Å². The van der Waals surface area contributed by atoms with Crippen molar-refractivity contribution in [2.24, 2.45) is 5.41 Å². The first kappa shape index (κ1) is 18.2. The maximum absolute atomic E-state index is 2.49. The van der Waals surface area contributed by atoms with Gasteiger partial charge in [0.25, 0.3) is 0 Å². The van der Waals surface area contributed by atoms with Gasteiger partial charge in [-0.3, -0.25) is 0 Å². The van der Waals surface area contributed by atoms with E-state index in [1.54, 1.807) is 0 Å². The van der Waals surface area contributed by atoms with Crippen LogP contribution in [0.4, 0.5) is 0 Å². The van der Waals surface area contributed by atoms with Crippen molar-refractivity contribution in [1.29, 1.82) is 0 Å². The maximum Gasteiger partial charge on any atom is 0.0702 e. The Balaban J connectivity index is 6.10. The van der Waals surface area contributed by atoms with Gasteiger partial charge in [-0.25, -0.2) is 0 Å². The summed E-state index contributed by atoms with van der Waals surface area (Å²) in [6.45, 7) is 29.6. The SMILES string of the molecule is CC(C)(C)C[Si](C(C)(C)C)(C(C)(C)C)C(C)(C)C. The molecular weight excluding hydrogens is 232 g/mol. The first-order chi connectivity index (χ1) is 7.46. The number of hydrogen-bond acceptors (Lipinski definition) is 0. The van der Waals surface area contributed by atoms with Crippen LogP contribution in [0, 0.1) is 5.41 Å². The quantitative estimate of drug-likeness (QED) is 0.455. The molecule has 18 heavy (non-hydrogen) atoms. The third kappa shape index (κ3) is 3.40. The molecule has 0 saturated heterocycles. The molecule has 0 spiro atoms. The van der Waals surface area contributed by atoms with E-state index in [2.05, 4.69) is 83.1 Å². The van der Waals surface area contributed by atoms with Gasteiger partial charge in [0.15, 0.2) is 0 Å². The Morgan fingerprint density at radius 1 is 0.500 bits per heavy atom. The molecule has 0 radical (unpaired) electrons. The summed E-state index contributed by atoms with van der Waals surface area (Å²) in [6, 6.07) is 1.40. The molecule has 0 aromatic carbocycles. The third-order valence-corrected chi connectivity index (χ3v) is 13.9. The van der Waals surface area contributed by atoms with Crippen LogP contribution in [0.2, 0.25) is 21.2 Å². The smallest absolute Gasteiger partial charge is 0.0625 e. The predicted octanol–water partition coefficient (Wildman–Crippen LogP) is 6.88. The van der Waals surface area contributed by atoms with Gasteiger partial charge in [-0.15, -0.1) is 0 Å². The van der Waals surface area contributed by atoms with Gasteiger partial charge in [-0.05, 0) is 20.5 Å². The topological polar surface area (TPSA) is 0 Å². The minimum Gasteiger partial charge on any atom is -0.0625 e. The van der Waals surface area contributed by atoms with Crippen molar-refractivity contribution in [1.82, 2.24) is 0 Å². The molecular formula is C17H38Si. The summed E-state index contributed by atoms with van der Waals surface area (Å²) in [4.78, 5) is 0. The zero-order valence-electron chi connectivity index (χ0n) is 15.2. The van der Waals surface area contributed by atoms with E-state index in [1.165, 1.54) is 6.04 Å². The summed E-state index contributed by atoms with van der Waals surface area (Å²) in [6.07, 6.45) is 0. The molecule has 0 bridgehead atoms. The van der Waals surface area contributed by atoms with Crippen LogP contribution in [0.1, 0.15) is 83.1 Å². The Morgan fingerprint density at radius 3 is 0.778 bits per heavy atom. The summed E-state index contributed by atoms with van der Waals surface area (Å²) < 4.78 is 0. The highest BCUT2D eigenvalue weighted by Gasteiger charge is 2.60. The molecule has 0 aliphatic rings. The first-order valence-corrected chi connectivity index (χ1v) is 9.66. The lowest BCUT2D eigenvalue weighted by Crippen LogP contribution is -2.59. The van der Waals surface area contributed by atoms with Crippen LogP contribution in [0.15, 0.2) is 0 Å². The fraction of sp³-hybridized carbons (Fsp3) is 1.00. The van der Waals surface area contributed by atoms with Crippen LogP contribution >= 0.6 is 0 Å². The first-order valence-electron chi connectivity index (χ1n) is 7.46. The molecule has 1 heteroatoms. The van der Waals surface area contributed by atoms with Crippen LogP contribution in [0.5, 0.6) is 0 Å². The second-order valence-corrected chi connectivity index (χ2v) is 17.1. The Kier molecular flexibility index (Phi) is 4.70. The monoisotopic (exact) mass is 270 g/mol. The summed E-state index contributed by atoms with van der Waals surface area (Å²) >= 11 is 0. The average Bonchev–Trinajstić information content (AvgIpc) is 1.90. The van der Waals surface area contributed by atoms with E-state index in [9.17, 15) is 0 Å². The molecule has 0 saturated carbocycles. The molecule has 0 aliphatic heterocycles. The minimum atomic E-state index is -1.54. The third-order valence-electron chi connectivity index (χ3n) is 4.64. The normalized spacial score (nSPS) is 16.0. The highest BCUT2D eigenvalue weighted by Crippen LogP contribution is 2.65. The second kappa shape index (κ2) is 4.65. The van der Waals surface area contributed by atoms with Crippen LogP contribution in [0.3, 0.4) is 0 Å². The van der Waals surface area contributed by atoms with Gasteiger partial charge in [0.2, 0.25) is 0 Å². The summed E-state index contributed by atoms with van der Waals surface area (Å²) in [5.74, 6) is 0. The standard InChI is InChI=1S/C17H38Si/c1-14(2,3)13-18(15(4,5)6,16(7,8)9)17(10,11)12/h13H2,1-12H3. The van der Waals surface area contributed by atoms with Crippen molar-refractivity contribution in [2.45, 2.75) is 104 Å². The fourth-order valence-electron chi connectivity index (χ4n) is 4.97. The average molecular weight is 271 g/mol. The molecule has 0 rings (SSSR count). The molecule has 0 aromatic heterocycles. The molecule has 0 aromatic rings. The van der Waals surface area contributed by atoms with Crippen molar-refractivity contribution in [3.05, 3.63) is 0 Å². The Labute approximate surface area is 118 Å².